The molecule has 1 N–H and O–H groups in total. The van der Waals surface area contributed by atoms with E-state index in [0.717, 1.165) is 60.2 Å². The molecule has 0 bridgehead atoms. The molecule has 0 saturated carbocycles. The lowest BCUT2D eigenvalue weighted by atomic mass is 9.97. The van der Waals surface area contributed by atoms with Crippen molar-refractivity contribution in [1.82, 2.24) is 34.8 Å². The van der Waals surface area contributed by atoms with Gasteiger partial charge in [-0.05, 0) is 54.5 Å². The van der Waals surface area contributed by atoms with E-state index in [1.807, 2.05) is 46.2 Å². The van der Waals surface area contributed by atoms with Crippen molar-refractivity contribution in [3.05, 3.63) is 54.6 Å². The highest BCUT2D eigenvalue weighted by atomic mass is 16.2. The number of amides is 1. The lowest BCUT2D eigenvalue weighted by molar-refractivity contribution is -0.130. The molecule has 1 aliphatic heterocycles. The minimum atomic E-state index is 0.164. The third-order valence-electron chi connectivity index (χ3n) is 6.61. The first-order valence-corrected chi connectivity index (χ1v) is 12.1. The summed E-state index contributed by atoms with van der Waals surface area (Å²) in [7, 11) is 0. The van der Waals surface area contributed by atoms with E-state index in [2.05, 4.69) is 45.6 Å². The van der Waals surface area contributed by atoms with Crippen molar-refractivity contribution in [3.8, 4) is 11.1 Å². The van der Waals surface area contributed by atoms with Gasteiger partial charge in [-0.2, -0.15) is 10.2 Å². The first kappa shape index (κ1) is 22.9. The van der Waals surface area contributed by atoms with Gasteiger partial charge in [0.15, 0.2) is 5.82 Å². The fourth-order valence-corrected chi connectivity index (χ4v) is 4.43. The normalized spacial score (nSPS) is 14.6. The van der Waals surface area contributed by atoms with Crippen LogP contribution >= 0.6 is 0 Å². The number of fused-ring (bicyclic) bond motifs is 1. The number of likely N-dealkylation sites (tertiary alicyclic amines) is 1. The standard InChI is InChI=1S/C26H30N8O/c1-17(2)20-11-26(32-28-13-20)31-25-5-4-23-24(30-25)10-21(12-27-23)22-14-29-34(16-22)15-19-6-8-33(9-7-19)18(3)35/h4-5,10-14,16-17,19H,6-9,15H2,1-3H3,(H,30,31,32). The van der Waals surface area contributed by atoms with Crippen molar-refractivity contribution < 1.29 is 4.79 Å². The summed E-state index contributed by atoms with van der Waals surface area (Å²) >= 11 is 0. The summed E-state index contributed by atoms with van der Waals surface area (Å²) in [6.45, 7) is 8.42. The van der Waals surface area contributed by atoms with Crippen LogP contribution in [0.5, 0.6) is 0 Å². The van der Waals surface area contributed by atoms with Crippen molar-refractivity contribution in [2.45, 2.75) is 46.1 Å². The summed E-state index contributed by atoms with van der Waals surface area (Å²) in [5, 5.41) is 16.1. The maximum absolute atomic E-state index is 11.6. The van der Waals surface area contributed by atoms with Gasteiger partial charge in [-0.3, -0.25) is 14.5 Å². The van der Waals surface area contributed by atoms with Gasteiger partial charge >= 0.3 is 0 Å². The maximum Gasteiger partial charge on any atom is 0.219 e. The molecule has 9 heteroatoms. The number of pyridine rings is 2. The van der Waals surface area contributed by atoms with Crippen molar-refractivity contribution in [2.24, 2.45) is 5.92 Å². The summed E-state index contributed by atoms with van der Waals surface area (Å²) in [6.07, 6.45) is 9.61. The van der Waals surface area contributed by atoms with Crippen molar-refractivity contribution in [2.75, 3.05) is 18.4 Å². The number of carbonyl (C=O) groups excluding carboxylic acids is 1. The SMILES string of the molecule is CC(=O)N1CCC(Cn2cc(-c3cnc4ccc(Nc5cc(C(C)C)cnn5)nc4c3)cn2)CC1. The van der Waals surface area contributed by atoms with E-state index >= 15 is 0 Å². The van der Waals surface area contributed by atoms with Gasteiger partial charge in [0, 0.05) is 50.1 Å². The Kier molecular flexibility index (Phi) is 6.39. The fraction of sp³-hybridized carbons (Fsp3) is 0.385. The topological polar surface area (TPSA) is 102 Å². The molecule has 0 unspecified atom stereocenters. The molecule has 1 aliphatic rings. The molecule has 1 amide bonds. The second-order valence-corrected chi connectivity index (χ2v) is 9.51. The van der Waals surface area contributed by atoms with Gasteiger partial charge in [0.05, 0.1) is 23.4 Å². The highest BCUT2D eigenvalue weighted by molar-refractivity contribution is 5.81. The molecule has 9 nitrogen and oxygen atoms in total. The zero-order valence-electron chi connectivity index (χ0n) is 20.3. The maximum atomic E-state index is 11.6. The first-order valence-electron chi connectivity index (χ1n) is 12.1. The largest absolute Gasteiger partial charge is 0.343 e. The monoisotopic (exact) mass is 470 g/mol. The molecule has 0 atom stereocenters. The zero-order valence-corrected chi connectivity index (χ0v) is 20.3. The molecule has 35 heavy (non-hydrogen) atoms. The number of rotatable bonds is 6. The lowest BCUT2D eigenvalue weighted by Gasteiger charge is -2.31. The molecule has 4 aromatic heterocycles. The van der Waals surface area contributed by atoms with E-state index in [1.165, 1.54) is 0 Å². The number of anilines is 2. The fourth-order valence-electron chi connectivity index (χ4n) is 4.43. The van der Waals surface area contributed by atoms with Crippen LogP contribution in [0.4, 0.5) is 11.6 Å². The quantitative estimate of drug-likeness (QED) is 0.445. The Balaban J connectivity index is 1.30. The third-order valence-corrected chi connectivity index (χ3v) is 6.61. The van der Waals surface area contributed by atoms with Crippen LogP contribution in [0.3, 0.4) is 0 Å². The Bertz CT molecular complexity index is 1340. The summed E-state index contributed by atoms with van der Waals surface area (Å²) in [5.74, 6) is 2.43. The first-order chi connectivity index (χ1) is 16.9. The molecule has 0 radical (unpaired) electrons. The molecular formula is C26H30N8O. The van der Waals surface area contributed by atoms with Crippen molar-refractivity contribution in [3.63, 3.8) is 0 Å². The average Bonchev–Trinajstić information content (AvgIpc) is 3.32. The van der Waals surface area contributed by atoms with Gasteiger partial charge in [-0.15, -0.1) is 5.10 Å². The number of carbonyl (C=O) groups is 1. The molecule has 5 rings (SSSR count). The summed E-state index contributed by atoms with van der Waals surface area (Å²) in [5.41, 5.74) is 4.72. The second-order valence-electron chi connectivity index (χ2n) is 9.51. The van der Waals surface area contributed by atoms with Gasteiger partial charge in [0.1, 0.15) is 5.82 Å². The van der Waals surface area contributed by atoms with Crippen molar-refractivity contribution in [1.29, 1.82) is 0 Å². The molecule has 0 aromatic carbocycles. The Hall–Kier alpha value is -3.88. The van der Waals surface area contributed by atoms with E-state index in [-0.39, 0.29) is 5.91 Å². The molecule has 1 fully saturated rings. The number of hydrogen-bond donors (Lipinski definition) is 1. The molecule has 180 valence electrons. The van der Waals surface area contributed by atoms with Gasteiger partial charge in [-0.1, -0.05) is 13.8 Å². The summed E-state index contributed by atoms with van der Waals surface area (Å²) in [6, 6.07) is 7.88. The highest BCUT2D eigenvalue weighted by Gasteiger charge is 2.21. The van der Waals surface area contributed by atoms with E-state index in [9.17, 15) is 4.79 Å². The van der Waals surface area contributed by atoms with Gasteiger partial charge in [0.2, 0.25) is 5.91 Å². The molecule has 0 aliphatic carbocycles. The van der Waals surface area contributed by atoms with Crippen LogP contribution in [0.15, 0.2) is 49.1 Å². The van der Waals surface area contributed by atoms with Gasteiger partial charge < -0.3 is 10.2 Å². The van der Waals surface area contributed by atoms with Crippen LogP contribution in [0, 0.1) is 5.92 Å². The molecule has 4 aromatic rings. The minimum Gasteiger partial charge on any atom is -0.343 e. The third kappa shape index (κ3) is 5.29. The van der Waals surface area contributed by atoms with Crippen LogP contribution in [0.25, 0.3) is 22.2 Å². The smallest absolute Gasteiger partial charge is 0.219 e. The molecule has 0 spiro atoms. The summed E-state index contributed by atoms with van der Waals surface area (Å²) in [4.78, 5) is 22.8. The van der Waals surface area contributed by atoms with Crippen LogP contribution < -0.4 is 5.32 Å². The summed E-state index contributed by atoms with van der Waals surface area (Å²) < 4.78 is 2.00. The second kappa shape index (κ2) is 9.77. The Morgan fingerprint density at radius 3 is 2.66 bits per heavy atom. The molecular weight excluding hydrogens is 440 g/mol. The van der Waals surface area contributed by atoms with E-state index < -0.39 is 0 Å². The number of hydrogen-bond acceptors (Lipinski definition) is 7. The van der Waals surface area contributed by atoms with E-state index in [0.29, 0.717) is 23.5 Å². The highest BCUT2D eigenvalue weighted by Crippen LogP contribution is 2.25. The van der Waals surface area contributed by atoms with E-state index in [1.54, 1.807) is 13.1 Å². The Morgan fingerprint density at radius 2 is 1.89 bits per heavy atom. The number of nitrogens with zero attached hydrogens (tertiary/aromatic N) is 7. The van der Waals surface area contributed by atoms with Crippen LogP contribution in [-0.2, 0) is 11.3 Å². The lowest BCUT2D eigenvalue weighted by Crippen LogP contribution is -2.38. The average molecular weight is 471 g/mol. The predicted octanol–water partition coefficient (Wildman–Crippen LogP) is 4.41. The number of nitrogens with one attached hydrogen (secondary N) is 1. The van der Waals surface area contributed by atoms with Gasteiger partial charge in [-0.25, -0.2) is 4.98 Å². The number of aromatic nitrogens is 6. The minimum absolute atomic E-state index is 0.164. The molecule has 5 heterocycles. The van der Waals surface area contributed by atoms with Crippen LogP contribution in [0.1, 0.15) is 45.1 Å². The van der Waals surface area contributed by atoms with E-state index in [4.69, 9.17) is 4.98 Å². The predicted molar refractivity (Wildman–Crippen MR) is 135 cm³/mol. The number of piperidine rings is 1. The van der Waals surface area contributed by atoms with Crippen LogP contribution in [-0.4, -0.2) is 53.8 Å². The molecule has 1 saturated heterocycles. The zero-order chi connectivity index (χ0) is 24.4. The Morgan fingerprint density at radius 1 is 1.06 bits per heavy atom. The Labute approximate surface area is 204 Å². The van der Waals surface area contributed by atoms with Gasteiger partial charge in [0.25, 0.3) is 0 Å². The van der Waals surface area contributed by atoms with Crippen LogP contribution in [0.2, 0.25) is 0 Å². The van der Waals surface area contributed by atoms with Crippen molar-refractivity contribution >= 4 is 28.6 Å².